The number of hydrogen-bond donors (Lipinski definition) is 4. The fraction of sp³-hybridized carbons (Fsp3) is 0.400. The van der Waals surface area contributed by atoms with Crippen molar-refractivity contribution in [1.82, 2.24) is 5.32 Å². The summed E-state index contributed by atoms with van der Waals surface area (Å²) in [5.74, 6) is 0. The van der Waals surface area contributed by atoms with Crippen LogP contribution in [0.1, 0.15) is 0 Å². The summed E-state index contributed by atoms with van der Waals surface area (Å²) in [6.07, 6.45) is 0. The van der Waals surface area contributed by atoms with Crippen molar-refractivity contribution in [3.63, 3.8) is 0 Å². The zero-order valence-electron chi connectivity index (χ0n) is 8.91. The van der Waals surface area contributed by atoms with Gasteiger partial charge in [-0.1, -0.05) is 11.6 Å². The van der Waals surface area contributed by atoms with Crippen LogP contribution in [0.25, 0.3) is 0 Å². The van der Waals surface area contributed by atoms with Gasteiger partial charge in [-0.3, -0.25) is 0 Å². The van der Waals surface area contributed by atoms with Gasteiger partial charge in [0.2, 0.25) is 0 Å². The van der Waals surface area contributed by atoms with Gasteiger partial charge in [0.1, 0.15) is 0 Å². The molecule has 0 unspecified atom stereocenters. The van der Waals surface area contributed by atoms with Crippen molar-refractivity contribution in [1.29, 1.82) is 0 Å². The second-order valence-electron chi connectivity index (χ2n) is 3.80. The van der Waals surface area contributed by atoms with Gasteiger partial charge in [0.15, 0.2) is 5.69 Å². The van der Waals surface area contributed by atoms with Gasteiger partial charge in [-0.25, -0.2) is 5.21 Å². The standard InChI is InChI=1S/C10H15ClN4O/c11-7-5-9(14-16)8(12)6-10(7)15-3-1-13-2-4-15/h5-6,13-14,16H,1-4,12H2/p+1. The van der Waals surface area contributed by atoms with Gasteiger partial charge in [0.05, 0.1) is 16.4 Å². The number of quaternary nitrogens is 1. The molecule has 0 amide bonds. The van der Waals surface area contributed by atoms with E-state index in [2.05, 4.69) is 10.2 Å². The second-order valence-corrected chi connectivity index (χ2v) is 4.21. The molecule has 0 aromatic heterocycles. The number of piperazine rings is 1. The van der Waals surface area contributed by atoms with Crippen LogP contribution >= 0.6 is 11.6 Å². The van der Waals surface area contributed by atoms with Crippen LogP contribution in [-0.4, -0.2) is 31.4 Å². The van der Waals surface area contributed by atoms with Gasteiger partial charge < -0.3 is 16.0 Å². The van der Waals surface area contributed by atoms with Gasteiger partial charge in [-0.2, -0.15) is 5.48 Å². The molecule has 1 heterocycles. The van der Waals surface area contributed by atoms with E-state index in [1.165, 1.54) is 0 Å². The van der Waals surface area contributed by atoms with E-state index in [1.54, 1.807) is 6.07 Å². The third-order valence-electron chi connectivity index (χ3n) is 2.75. The van der Waals surface area contributed by atoms with Crippen molar-refractivity contribution in [2.45, 2.75) is 0 Å². The number of anilines is 2. The first kappa shape index (κ1) is 11.5. The lowest BCUT2D eigenvalue weighted by atomic mass is 10.2. The molecule has 16 heavy (non-hydrogen) atoms. The Morgan fingerprint density at radius 1 is 1.38 bits per heavy atom. The Morgan fingerprint density at radius 3 is 2.69 bits per heavy atom. The molecule has 0 aliphatic carbocycles. The number of halogens is 1. The molecule has 6 heteroatoms. The largest absolute Gasteiger partial charge is 0.394 e. The smallest absolute Gasteiger partial charge is 0.186 e. The molecule has 1 fully saturated rings. The summed E-state index contributed by atoms with van der Waals surface area (Å²) in [6.45, 7) is 3.73. The third-order valence-corrected chi connectivity index (χ3v) is 3.05. The van der Waals surface area contributed by atoms with Crippen LogP contribution < -0.4 is 21.4 Å². The summed E-state index contributed by atoms with van der Waals surface area (Å²) in [7, 11) is 0. The van der Waals surface area contributed by atoms with E-state index < -0.39 is 0 Å². The van der Waals surface area contributed by atoms with Gasteiger partial charge in [-0.15, -0.1) is 0 Å². The lowest BCUT2D eigenvalue weighted by molar-refractivity contribution is -0.825. The number of nitrogen functional groups attached to an aromatic ring is 1. The van der Waals surface area contributed by atoms with E-state index in [1.807, 2.05) is 6.07 Å². The van der Waals surface area contributed by atoms with Crippen molar-refractivity contribution in [2.24, 2.45) is 0 Å². The van der Waals surface area contributed by atoms with Gasteiger partial charge >= 0.3 is 0 Å². The monoisotopic (exact) mass is 243 g/mol. The molecule has 0 spiro atoms. The second kappa shape index (κ2) is 4.88. The first-order valence-electron chi connectivity index (χ1n) is 5.24. The summed E-state index contributed by atoms with van der Waals surface area (Å²) in [5, 5.41) is 12.9. The van der Waals surface area contributed by atoms with Crippen LogP contribution in [0.3, 0.4) is 0 Å². The van der Waals surface area contributed by atoms with Crippen molar-refractivity contribution < 1.29 is 10.7 Å². The lowest BCUT2D eigenvalue weighted by Crippen LogP contribution is -2.74. The van der Waals surface area contributed by atoms with Crippen LogP contribution in [0.2, 0.25) is 5.02 Å². The van der Waals surface area contributed by atoms with Crippen LogP contribution in [-0.2, 0) is 0 Å². The maximum absolute atomic E-state index is 8.96. The Kier molecular flexibility index (Phi) is 3.50. The van der Waals surface area contributed by atoms with Crippen LogP contribution in [0.15, 0.2) is 12.1 Å². The summed E-state index contributed by atoms with van der Waals surface area (Å²) < 4.78 is 0. The Hall–Kier alpha value is -1.01. The number of nitrogens with zero attached hydrogens (tertiary/aromatic N) is 1. The molecule has 0 atom stereocenters. The Labute approximate surface area is 99.1 Å². The number of nitrogens with one attached hydrogen (secondary N) is 1. The molecule has 1 aliphatic rings. The number of nitrogens with two attached hydrogens (primary N) is 2. The first-order valence-corrected chi connectivity index (χ1v) is 5.62. The van der Waals surface area contributed by atoms with Crippen molar-refractivity contribution in [2.75, 3.05) is 36.8 Å². The van der Waals surface area contributed by atoms with E-state index in [4.69, 9.17) is 22.5 Å². The van der Waals surface area contributed by atoms with Crippen molar-refractivity contribution in [3.8, 4) is 0 Å². The molecule has 1 aromatic carbocycles. The van der Waals surface area contributed by atoms with Crippen molar-refractivity contribution >= 4 is 28.7 Å². The molecule has 1 saturated heterocycles. The highest BCUT2D eigenvalue weighted by molar-refractivity contribution is 6.33. The van der Waals surface area contributed by atoms with E-state index in [9.17, 15) is 0 Å². The quantitative estimate of drug-likeness (QED) is 0.433. The Bertz CT molecular complexity index is 379. The molecule has 0 bridgehead atoms. The molecule has 1 aromatic rings. The highest BCUT2D eigenvalue weighted by atomic mass is 35.5. The van der Waals surface area contributed by atoms with E-state index >= 15 is 0 Å². The highest BCUT2D eigenvalue weighted by Gasteiger charge is 2.16. The van der Waals surface area contributed by atoms with Crippen LogP contribution in [0, 0.1) is 0 Å². The molecule has 5 nitrogen and oxygen atoms in total. The minimum absolute atomic E-state index is 0.542. The average molecular weight is 244 g/mol. The van der Waals surface area contributed by atoms with Gasteiger partial charge in [-0.05, 0) is 6.07 Å². The predicted molar refractivity (Wildman–Crippen MR) is 64.3 cm³/mol. The van der Waals surface area contributed by atoms with E-state index in [0.717, 1.165) is 37.3 Å². The molecule has 0 radical (unpaired) electrons. The molecular formula is C10H16ClN4O+. The SMILES string of the molecule is Nc1cc(N2CCNCC2)c(Cl)cc1[NH2+]O. The maximum atomic E-state index is 8.96. The van der Waals surface area contributed by atoms with Crippen LogP contribution in [0.5, 0.6) is 0 Å². The molecular weight excluding hydrogens is 228 g/mol. The molecule has 2 rings (SSSR count). The van der Waals surface area contributed by atoms with Crippen LogP contribution in [0.4, 0.5) is 17.1 Å². The summed E-state index contributed by atoms with van der Waals surface area (Å²) in [5.41, 5.74) is 8.83. The predicted octanol–water partition coefficient (Wildman–Crippen LogP) is -0.0841. The summed E-state index contributed by atoms with van der Waals surface area (Å²) in [6, 6.07) is 3.50. The average Bonchev–Trinajstić information content (AvgIpc) is 2.32. The van der Waals surface area contributed by atoms with E-state index in [0.29, 0.717) is 16.4 Å². The minimum Gasteiger partial charge on any atom is -0.394 e. The Balaban J connectivity index is 2.29. The molecule has 1 aliphatic heterocycles. The van der Waals surface area contributed by atoms with E-state index in [-0.39, 0.29) is 0 Å². The van der Waals surface area contributed by atoms with Crippen molar-refractivity contribution in [3.05, 3.63) is 17.2 Å². The third kappa shape index (κ3) is 2.22. The fourth-order valence-corrected chi connectivity index (χ4v) is 2.14. The zero-order valence-corrected chi connectivity index (χ0v) is 9.67. The summed E-state index contributed by atoms with van der Waals surface area (Å²) >= 11 is 6.16. The lowest BCUT2D eigenvalue weighted by Gasteiger charge is -2.30. The number of benzene rings is 1. The van der Waals surface area contributed by atoms with Gasteiger partial charge in [0.25, 0.3) is 0 Å². The fourth-order valence-electron chi connectivity index (χ4n) is 1.85. The molecule has 0 saturated carbocycles. The topological polar surface area (TPSA) is 78.1 Å². The maximum Gasteiger partial charge on any atom is 0.186 e. The zero-order chi connectivity index (χ0) is 11.5. The highest BCUT2D eigenvalue weighted by Crippen LogP contribution is 2.31. The Morgan fingerprint density at radius 2 is 2.06 bits per heavy atom. The molecule has 6 N–H and O–H groups in total. The number of rotatable bonds is 2. The van der Waals surface area contributed by atoms with Gasteiger partial charge in [0, 0.05) is 32.2 Å². The normalized spacial score (nSPS) is 16.5. The summed E-state index contributed by atoms with van der Waals surface area (Å²) in [4.78, 5) is 2.19. The minimum atomic E-state index is 0.542. The number of hydrogen-bond acceptors (Lipinski definition) is 4. The first-order chi connectivity index (χ1) is 7.72. The molecule has 88 valence electrons.